The smallest absolute Gasteiger partial charge is 0.247 e. The molecule has 3 heterocycles. The van der Waals surface area contributed by atoms with Crippen LogP contribution in [0.1, 0.15) is 17.8 Å². The van der Waals surface area contributed by atoms with Crippen molar-refractivity contribution in [2.75, 3.05) is 44.0 Å². The quantitative estimate of drug-likeness (QED) is 0.154. The maximum absolute atomic E-state index is 12.2. The van der Waals surface area contributed by atoms with E-state index in [4.69, 9.17) is 25.8 Å². The van der Waals surface area contributed by atoms with E-state index in [1.54, 1.807) is 31.4 Å². The van der Waals surface area contributed by atoms with Gasteiger partial charge < -0.3 is 24.8 Å². The van der Waals surface area contributed by atoms with Gasteiger partial charge in [-0.05, 0) is 55.8 Å². The van der Waals surface area contributed by atoms with Gasteiger partial charge in [0.1, 0.15) is 30.3 Å². The van der Waals surface area contributed by atoms with Crippen molar-refractivity contribution < 1.29 is 19.0 Å². The lowest BCUT2D eigenvalue weighted by molar-refractivity contribution is -0.111. The third kappa shape index (κ3) is 7.33. The number of carbonyl (C=O) groups excluding carboxylic acids is 1. The van der Waals surface area contributed by atoms with E-state index in [2.05, 4.69) is 37.1 Å². The van der Waals surface area contributed by atoms with Crippen molar-refractivity contribution >= 4 is 45.6 Å². The van der Waals surface area contributed by atoms with Gasteiger partial charge in [-0.2, -0.15) is 0 Å². The number of aryl methyl sites for hydroxylation is 1. The number of halogens is 1. The fourth-order valence-electron chi connectivity index (χ4n) is 4.57. The summed E-state index contributed by atoms with van der Waals surface area (Å²) in [6, 6.07) is 14.8. The highest BCUT2D eigenvalue weighted by molar-refractivity contribution is 6.32. The standard InChI is InChI=1S/C31H33ClN6O4/c1-4-30(39)37-27-14-24-26(15-29(27)41-12-6-11-38-16-23(17-38)40-3)33-19-34-31(24)36-21-9-10-28(25(32)13-21)42-18-22-8-5-7-20(2)35-22/h4-5,7-10,13-15,19,23H,1,6,11-12,16-18H2,2-3H3,(H,37,39)(H,33,34,36). The van der Waals surface area contributed by atoms with Crippen molar-refractivity contribution in [3.8, 4) is 11.5 Å². The van der Waals surface area contributed by atoms with Crippen LogP contribution in [-0.4, -0.2) is 65.2 Å². The fraction of sp³-hybridized carbons (Fsp3) is 0.290. The van der Waals surface area contributed by atoms with Crippen LogP contribution in [0.25, 0.3) is 10.9 Å². The van der Waals surface area contributed by atoms with Gasteiger partial charge in [0, 0.05) is 49.6 Å². The molecule has 2 N–H and O–H groups in total. The van der Waals surface area contributed by atoms with Crippen LogP contribution >= 0.6 is 11.6 Å². The van der Waals surface area contributed by atoms with E-state index in [0.29, 0.717) is 63.9 Å². The highest BCUT2D eigenvalue weighted by Crippen LogP contribution is 2.35. The lowest BCUT2D eigenvalue weighted by Gasteiger charge is -2.38. The molecular formula is C31H33ClN6O4. The number of pyridine rings is 1. The van der Waals surface area contributed by atoms with E-state index < -0.39 is 0 Å². The molecule has 1 fully saturated rings. The summed E-state index contributed by atoms with van der Waals surface area (Å²) in [6.45, 7) is 9.07. The summed E-state index contributed by atoms with van der Waals surface area (Å²) in [4.78, 5) is 27.9. The molecule has 0 bridgehead atoms. The Kier molecular flexibility index (Phi) is 9.48. The van der Waals surface area contributed by atoms with Gasteiger partial charge in [0.05, 0.1) is 34.6 Å². The summed E-state index contributed by atoms with van der Waals surface area (Å²) in [6.07, 6.45) is 3.84. The molecule has 5 rings (SSSR count). The van der Waals surface area contributed by atoms with Gasteiger partial charge in [-0.1, -0.05) is 24.2 Å². The summed E-state index contributed by atoms with van der Waals surface area (Å²) in [5.41, 5.74) is 3.61. The largest absolute Gasteiger partial charge is 0.491 e. The molecule has 0 saturated carbocycles. The van der Waals surface area contributed by atoms with Gasteiger partial charge in [-0.25, -0.2) is 9.97 Å². The molecule has 42 heavy (non-hydrogen) atoms. The van der Waals surface area contributed by atoms with Gasteiger partial charge >= 0.3 is 0 Å². The number of hydrogen-bond donors (Lipinski definition) is 2. The molecule has 0 radical (unpaired) electrons. The van der Waals surface area contributed by atoms with E-state index in [1.807, 2.05) is 31.2 Å². The molecule has 1 saturated heterocycles. The minimum atomic E-state index is -0.347. The molecule has 0 atom stereocenters. The van der Waals surface area contributed by atoms with Gasteiger partial charge in [0.25, 0.3) is 0 Å². The molecule has 0 aliphatic carbocycles. The number of carbonyl (C=O) groups is 1. The second-order valence-electron chi connectivity index (χ2n) is 9.93. The number of amides is 1. The predicted molar refractivity (Wildman–Crippen MR) is 164 cm³/mol. The third-order valence-electron chi connectivity index (χ3n) is 6.83. The SMILES string of the molecule is C=CC(=O)Nc1cc2c(Nc3ccc(OCc4cccc(C)n4)c(Cl)c3)ncnc2cc1OCCCN1CC(OC)C1. The Morgan fingerprint density at radius 2 is 2.00 bits per heavy atom. The maximum Gasteiger partial charge on any atom is 0.247 e. The molecular weight excluding hydrogens is 556 g/mol. The Hall–Kier alpha value is -4.25. The molecule has 1 aliphatic heterocycles. The number of nitrogens with one attached hydrogen (secondary N) is 2. The van der Waals surface area contributed by atoms with Crippen LogP contribution < -0.4 is 20.1 Å². The molecule has 2 aromatic heterocycles. The van der Waals surface area contributed by atoms with E-state index in [-0.39, 0.29) is 5.91 Å². The lowest BCUT2D eigenvalue weighted by atomic mass is 10.1. The van der Waals surface area contributed by atoms with Gasteiger partial charge in [0.15, 0.2) is 0 Å². The summed E-state index contributed by atoms with van der Waals surface area (Å²) >= 11 is 6.54. The number of benzene rings is 2. The van der Waals surface area contributed by atoms with Crippen LogP contribution in [0, 0.1) is 6.92 Å². The predicted octanol–water partition coefficient (Wildman–Crippen LogP) is 5.53. The van der Waals surface area contributed by atoms with E-state index in [0.717, 1.165) is 37.4 Å². The minimum Gasteiger partial charge on any atom is -0.491 e. The number of ether oxygens (including phenoxy) is 3. The van der Waals surface area contributed by atoms with Crippen LogP contribution in [0.5, 0.6) is 11.5 Å². The average molecular weight is 589 g/mol. The molecule has 2 aromatic carbocycles. The number of fused-ring (bicyclic) bond motifs is 1. The van der Waals surface area contributed by atoms with Crippen LogP contribution in [0.2, 0.25) is 5.02 Å². The van der Waals surface area contributed by atoms with E-state index in [9.17, 15) is 4.79 Å². The Morgan fingerprint density at radius 1 is 1.14 bits per heavy atom. The topological polar surface area (TPSA) is 111 Å². The highest BCUT2D eigenvalue weighted by Gasteiger charge is 2.25. The minimum absolute atomic E-state index is 0.306. The summed E-state index contributed by atoms with van der Waals surface area (Å²) in [7, 11) is 1.74. The lowest BCUT2D eigenvalue weighted by Crippen LogP contribution is -2.51. The Bertz CT molecular complexity index is 1580. The first-order valence-corrected chi connectivity index (χ1v) is 14.0. The molecule has 0 unspecified atom stereocenters. The van der Waals surface area contributed by atoms with Crippen LogP contribution in [0.3, 0.4) is 0 Å². The van der Waals surface area contributed by atoms with Crippen molar-refractivity contribution in [2.45, 2.75) is 26.1 Å². The first-order chi connectivity index (χ1) is 20.4. The van der Waals surface area contributed by atoms with Crippen molar-refractivity contribution in [3.63, 3.8) is 0 Å². The number of anilines is 3. The van der Waals surface area contributed by atoms with Crippen LogP contribution in [-0.2, 0) is 16.1 Å². The number of methoxy groups -OCH3 is 1. The van der Waals surface area contributed by atoms with Gasteiger partial charge in [0.2, 0.25) is 5.91 Å². The van der Waals surface area contributed by atoms with Crippen LogP contribution in [0.4, 0.5) is 17.2 Å². The molecule has 1 aliphatic rings. The Morgan fingerprint density at radius 3 is 2.76 bits per heavy atom. The average Bonchev–Trinajstić information content (AvgIpc) is 2.96. The first-order valence-electron chi connectivity index (χ1n) is 13.6. The number of nitrogens with zero attached hydrogens (tertiary/aromatic N) is 4. The number of likely N-dealkylation sites (tertiary alicyclic amines) is 1. The van der Waals surface area contributed by atoms with Gasteiger partial charge in [-0.3, -0.25) is 14.7 Å². The Labute approximate surface area is 249 Å². The molecule has 11 heteroatoms. The van der Waals surface area contributed by atoms with Crippen molar-refractivity contribution in [1.82, 2.24) is 19.9 Å². The van der Waals surface area contributed by atoms with E-state index in [1.165, 1.54) is 12.4 Å². The van der Waals surface area contributed by atoms with Crippen LogP contribution in [0.15, 0.2) is 67.5 Å². The maximum atomic E-state index is 12.2. The number of rotatable bonds is 13. The molecule has 4 aromatic rings. The summed E-state index contributed by atoms with van der Waals surface area (Å²) in [5, 5.41) is 7.28. The fourth-order valence-corrected chi connectivity index (χ4v) is 4.81. The normalized spacial score (nSPS) is 13.4. The highest BCUT2D eigenvalue weighted by atomic mass is 35.5. The zero-order valence-corrected chi connectivity index (χ0v) is 24.4. The summed E-state index contributed by atoms with van der Waals surface area (Å²) in [5.74, 6) is 1.26. The number of aromatic nitrogens is 3. The molecule has 1 amide bonds. The van der Waals surface area contributed by atoms with Crippen molar-refractivity contribution in [1.29, 1.82) is 0 Å². The number of hydrogen-bond acceptors (Lipinski definition) is 9. The van der Waals surface area contributed by atoms with E-state index >= 15 is 0 Å². The monoisotopic (exact) mass is 588 g/mol. The van der Waals surface area contributed by atoms with Crippen molar-refractivity contribution in [2.24, 2.45) is 0 Å². The molecule has 218 valence electrons. The molecule has 10 nitrogen and oxygen atoms in total. The Balaban J connectivity index is 1.30. The third-order valence-corrected chi connectivity index (χ3v) is 7.12. The van der Waals surface area contributed by atoms with Crippen molar-refractivity contribution in [3.05, 3.63) is 83.9 Å². The molecule has 0 spiro atoms. The first kappa shape index (κ1) is 29.2. The zero-order chi connectivity index (χ0) is 29.5. The van der Waals surface area contributed by atoms with Gasteiger partial charge in [-0.15, -0.1) is 0 Å². The second kappa shape index (κ2) is 13.6. The summed E-state index contributed by atoms with van der Waals surface area (Å²) < 4.78 is 17.3. The zero-order valence-electron chi connectivity index (χ0n) is 23.6. The second-order valence-corrected chi connectivity index (χ2v) is 10.3.